The highest BCUT2D eigenvalue weighted by Gasteiger charge is 2.22. The van der Waals surface area contributed by atoms with Gasteiger partial charge in [-0.1, -0.05) is 20.8 Å². The second-order valence-electron chi connectivity index (χ2n) is 6.36. The van der Waals surface area contributed by atoms with Gasteiger partial charge in [0.25, 0.3) is 0 Å². The molecule has 2 heterocycles. The van der Waals surface area contributed by atoms with E-state index in [1.807, 2.05) is 13.0 Å². The second kappa shape index (κ2) is 5.31. The van der Waals surface area contributed by atoms with Crippen molar-refractivity contribution in [1.29, 1.82) is 0 Å². The number of aromatic nitrogens is 4. The number of rotatable bonds is 3. The van der Waals surface area contributed by atoms with Gasteiger partial charge in [0.05, 0.1) is 0 Å². The first-order valence-electron chi connectivity index (χ1n) is 6.91. The quantitative estimate of drug-likeness (QED) is 0.922. The smallest absolute Gasteiger partial charge is 0.244 e. The molecule has 1 atom stereocenters. The molecule has 0 aromatic carbocycles. The van der Waals surface area contributed by atoms with E-state index in [2.05, 4.69) is 41.4 Å². The van der Waals surface area contributed by atoms with Gasteiger partial charge in [-0.3, -0.25) is 4.79 Å². The van der Waals surface area contributed by atoms with Crippen LogP contribution < -0.4 is 5.32 Å². The highest BCUT2D eigenvalue weighted by atomic mass is 16.2. The molecule has 0 fully saturated rings. The molecule has 1 amide bonds. The first kappa shape index (κ1) is 15.2. The number of amides is 1. The summed E-state index contributed by atoms with van der Waals surface area (Å²) in [6.07, 6.45) is 0. The van der Waals surface area contributed by atoms with Gasteiger partial charge in [0, 0.05) is 19.5 Å². The number of hydrogen-bond acceptors (Lipinski definition) is 5. The summed E-state index contributed by atoms with van der Waals surface area (Å²) in [6.45, 7) is 7.99. The lowest BCUT2D eigenvalue weighted by Crippen LogP contribution is -2.37. The van der Waals surface area contributed by atoms with E-state index >= 15 is 0 Å². The molecule has 2 aromatic rings. The molecule has 0 saturated heterocycles. The Morgan fingerprint density at radius 1 is 1.29 bits per heavy atom. The third-order valence-electron chi connectivity index (χ3n) is 3.11. The molecule has 0 spiro atoms. The standard InChI is InChI=1S/C14H22N6O/c1-9(12(21)19(5)6)15-10-7-8-11-16-17-13(14(2,3)4)20(11)18-10/h7-9H,1-6H3,(H,15,18)/t9-/m0/s1. The Kier molecular flexibility index (Phi) is 3.85. The van der Waals surface area contributed by atoms with Crippen LogP contribution in [0.1, 0.15) is 33.5 Å². The maximum atomic E-state index is 11.9. The summed E-state index contributed by atoms with van der Waals surface area (Å²) in [5.74, 6) is 1.40. The molecule has 1 N–H and O–H groups in total. The number of hydrogen-bond donors (Lipinski definition) is 1. The van der Waals surface area contributed by atoms with Crippen LogP contribution in [0.2, 0.25) is 0 Å². The monoisotopic (exact) mass is 290 g/mol. The average Bonchev–Trinajstić information content (AvgIpc) is 2.80. The molecule has 0 radical (unpaired) electrons. The number of fused-ring (bicyclic) bond motifs is 1. The van der Waals surface area contributed by atoms with Crippen molar-refractivity contribution >= 4 is 17.4 Å². The normalized spacial score (nSPS) is 13.2. The van der Waals surface area contributed by atoms with Crippen LogP contribution in [-0.2, 0) is 10.2 Å². The number of carbonyl (C=O) groups is 1. The highest BCUT2D eigenvalue weighted by Crippen LogP contribution is 2.20. The van der Waals surface area contributed by atoms with Crippen molar-refractivity contribution in [3.63, 3.8) is 0 Å². The number of nitrogens with one attached hydrogen (secondary N) is 1. The zero-order valence-corrected chi connectivity index (χ0v) is 13.4. The Balaban J connectivity index is 2.32. The average molecular weight is 290 g/mol. The lowest BCUT2D eigenvalue weighted by molar-refractivity contribution is -0.129. The van der Waals surface area contributed by atoms with Crippen LogP contribution in [-0.4, -0.2) is 50.8 Å². The number of carbonyl (C=O) groups excluding carboxylic acids is 1. The Bertz CT molecular complexity index is 655. The van der Waals surface area contributed by atoms with Gasteiger partial charge in [0.2, 0.25) is 5.91 Å². The molecule has 21 heavy (non-hydrogen) atoms. The van der Waals surface area contributed by atoms with Crippen molar-refractivity contribution in [2.45, 2.75) is 39.2 Å². The van der Waals surface area contributed by atoms with E-state index in [0.717, 1.165) is 5.82 Å². The van der Waals surface area contributed by atoms with Crippen LogP contribution in [0.15, 0.2) is 12.1 Å². The van der Waals surface area contributed by atoms with Gasteiger partial charge in [-0.15, -0.1) is 15.3 Å². The fourth-order valence-corrected chi connectivity index (χ4v) is 2.00. The fourth-order valence-electron chi connectivity index (χ4n) is 2.00. The summed E-state index contributed by atoms with van der Waals surface area (Å²) in [5.41, 5.74) is 0.535. The summed E-state index contributed by atoms with van der Waals surface area (Å²) in [5, 5.41) is 15.9. The molecule has 114 valence electrons. The van der Waals surface area contributed by atoms with Crippen LogP contribution in [0, 0.1) is 0 Å². The molecular weight excluding hydrogens is 268 g/mol. The minimum atomic E-state index is -0.348. The molecule has 7 nitrogen and oxygen atoms in total. The molecule has 0 aliphatic rings. The zero-order valence-electron chi connectivity index (χ0n) is 13.4. The third kappa shape index (κ3) is 3.12. The van der Waals surface area contributed by atoms with Crippen molar-refractivity contribution < 1.29 is 4.79 Å². The van der Waals surface area contributed by atoms with Crippen molar-refractivity contribution in [3.8, 4) is 0 Å². The van der Waals surface area contributed by atoms with Gasteiger partial charge in [-0.05, 0) is 19.1 Å². The minimum absolute atomic E-state index is 0.00306. The van der Waals surface area contributed by atoms with E-state index < -0.39 is 0 Å². The highest BCUT2D eigenvalue weighted by molar-refractivity contribution is 5.83. The van der Waals surface area contributed by atoms with Crippen molar-refractivity contribution in [1.82, 2.24) is 24.7 Å². The summed E-state index contributed by atoms with van der Waals surface area (Å²) in [7, 11) is 3.46. The van der Waals surface area contributed by atoms with Crippen LogP contribution >= 0.6 is 0 Å². The molecule has 0 bridgehead atoms. The first-order chi connectivity index (χ1) is 9.70. The largest absolute Gasteiger partial charge is 0.357 e. The Morgan fingerprint density at radius 2 is 1.95 bits per heavy atom. The summed E-state index contributed by atoms with van der Waals surface area (Å²) in [4.78, 5) is 13.4. The van der Waals surface area contributed by atoms with Gasteiger partial charge in [0.1, 0.15) is 11.9 Å². The van der Waals surface area contributed by atoms with Crippen molar-refractivity contribution in [3.05, 3.63) is 18.0 Å². The van der Waals surface area contributed by atoms with Crippen molar-refractivity contribution in [2.75, 3.05) is 19.4 Å². The third-order valence-corrected chi connectivity index (χ3v) is 3.11. The molecule has 0 aliphatic heterocycles. The fraction of sp³-hybridized carbons (Fsp3) is 0.571. The van der Waals surface area contributed by atoms with Crippen LogP contribution in [0.4, 0.5) is 5.82 Å². The van der Waals surface area contributed by atoms with Gasteiger partial charge < -0.3 is 10.2 Å². The minimum Gasteiger partial charge on any atom is -0.357 e. The first-order valence-corrected chi connectivity index (χ1v) is 6.91. The van der Waals surface area contributed by atoms with E-state index in [1.165, 1.54) is 0 Å². The molecule has 7 heteroatoms. The maximum absolute atomic E-state index is 11.9. The van der Waals surface area contributed by atoms with Gasteiger partial charge in [-0.2, -0.15) is 4.52 Å². The van der Waals surface area contributed by atoms with Gasteiger partial charge >= 0.3 is 0 Å². The summed E-state index contributed by atoms with van der Waals surface area (Å²) in [6, 6.07) is 3.29. The Morgan fingerprint density at radius 3 is 2.52 bits per heavy atom. The Labute approximate surface area is 124 Å². The molecular formula is C14H22N6O. The van der Waals surface area contributed by atoms with Crippen molar-refractivity contribution in [2.24, 2.45) is 0 Å². The molecule has 2 aromatic heterocycles. The lowest BCUT2D eigenvalue weighted by Gasteiger charge is -2.19. The lowest BCUT2D eigenvalue weighted by atomic mass is 9.96. The second-order valence-corrected chi connectivity index (χ2v) is 6.36. The van der Waals surface area contributed by atoms with E-state index in [1.54, 1.807) is 29.6 Å². The SMILES string of the molecule is C[C@H](Nc1ccc2nnc(C(C)(C)C)n2n1)C(=O)N(C)C. The predicted molar refractivity (Wildman–Crippen MR) is 81.3 cm³/mol. The van der Waals surface area contributed by atoms with Crippen LogP contribution in [0.25, 0.3) is 5.65 Å². The number of likely N-dealkylation sites (N-methyl/N-ethyl adjacent to an activating group) is 1. The van der Waals surface area contributed by atoms with E-state index in [9.17, 15) is 4.79 Å². The molecule has 0 aliphatic carbocycles. The van der Waals surface area contributed by atoms with E-state index in [4.69, 9.17) is 0 Å². The zero-order chi connectivity index (χ0) is 15.8. The summed E-state index contributed by atoms with van der Waals surface area (Å²) >= 11 is 0. The van der Waals surface area contributed by atoms with Crippen LogP contribution in [0.3, 0.4) is 0 Å². The molecule has 0 saturated carbocycles. The Hall–Kier alpha value is -2.18. The van der Waals surface area contributed by atoms with E-state index in [0.29, 0.717) is 11.5 Å². The predicted octanol–water partition coefficient (Wildman–Crippen LogP) is 1.31. The number of anilines is 1. The topological polar surface area (TPSA) is 75.4 Å². The maximum Gasteiger partial charge on any atom is 0.244 e. The van der Waals surface area contributed by atoms with E-state index in [-0.39, 0.29) is 17.4 Å². The van der Waals surface area contributed by atoms with Gasteiger partial charge in [-0.25, -0.2) is 0 Å². The number of nitrogens with zero attached hydrogens (tertiary/aromatic N) is 5. The molecule has 2 rings (SSSR count). The summed E-state index contributed by atoms with van der Waals surface area (Å²) < 4.78 is 1.72. The van der Waals surface area contributed by atoms with Crippen LogP contribution in [0.5, 0.6) is 0 Å². The molecule has 0 unspecified atom stereocenters. The van der Waals surface area contributed by atoms with Gasteiger partial charge in [0.15, 0.2) is 11.5 Å².